The summed E-state index contributed by atoms with van der Waals surface area (Å²) in [4.78, 5) is 24.2. The number of hydrogen-bond acceptors (Lipinski definition) is 4. The van der Waals surface area contributed by atoms with Gasteiger partial charge in [0.15, 0.2) is 0 Å². The molecule has 0 saturated heterocycles. The average Bonchev–Trinajstić information content (AvgIpc) is 2.86. The molecule has 0 radical (unpaired) electrons. The van der Waals surface area contributed by atoms with Crippen molar-refractivity contribution in [2.75, 3.05) is 7.11 Å². The largest absolute Gasteiger partial charge is 0.496 e. The molecule has 2 N–H and O–H groups in total. The Labute approximate surface area is 217 Å². The van der Waals surface area contributed by atoms with Crippen molar-refractivity contribution in [3.8, 4) is 17.2 Å². The number of carbonyl (C=O) groups is 2. The molecule has 37 heavy (non-hydrogen) atoms. The number of rotatable bonds is 10. The molecule has 10 heteroatoms. The van der Waals surface area contributed by atoms with Gasteiger partial charge in [0.05, 0.1) is 29.2 Å². The Balaban J connectivity index is 1.66. The van der Waals surface area contributed by atoms with Crippen LogP contribution in [0.2, 0.25) is 5.02 Å². The molecule has 3 rings (SSSR count). The molecule has 0 bridgehead atoms. The first kappa shape index (κ1) is 27.9. The maximum atomic E-state index is 13.1. The van der Waals surface area contributed by atoms with E-state index in [-0.39, 0.29) is 24.3 Å². The van der Waals surface area contributed by atoms with Crippen LogP contribution >= 0.6 is 11.6 Å². The lowest BCUT2D eigenvalue weighted by atomic mass is 9.95. The highest BCUT2D eigenvalue weighted by atomic mass is 35.5. The fourth-order valence-corrected chi connectivity index (χ4v) is 3.85. The molecule has 1 atom stereocenters. The molecular weight excluding hydrogens is 511 g/mol. The number of methoxy groups -OCH3 is 1. The Hall–Kier alpha value is -3.72. The van der Waals surface area contributed by atoms with E-state index in [4.69, 9.17) is 21.1 Å². The quantitative estimate of drug-likeness (QED) is 0.300. The summed E-state index contributed by atoms with van der Waals surface area (Å²) in [5.41, 5.74) is 0.722. The van der Waals surface area contributed by atoms with Crippen LogP contribution in [-0.2, 0) is 23.9 Å². The molecule has 3 aromatic rings. The molecule has 0 aromatic heterocycles. The van der Waals surface area contributed by atoms with Gasteiger partial charge < -0.3 is 19.9 Å². The molecule has 0 spiro atoms. The van der Waals surface area contributed by atoms with Crippen molar-refractivity contribution in [3.05, 3.63) is 87.9 Å². The topological polar surface area (TPSA) is 84.9 Å². The van der Waals surface area contributed by atoms with E-state index in [1.807, 2.05) is 0 Å². The number of halogens is 4. The first-order chi connectivity index (χ1) is 17.5. The molecule has 1 amide bonds. The normalized spacial score (nSPS) is 12.1. The third-order valence-electron chi connectivity index (χ3n) is 5.69. The van der Waals surface area contributed by atoms with Crippen molar-refractivity contribution in [1.82, 2.24) is 5.32 Å². The number of nitrogens with one attached hydrogen (secondary N) is 1. The van der Waals surface area contributed by atoms with Gasteiger partial charge in [-0.05, 0) is 66.4 Å². The second-order valence-corrected chi connectivity index (χ2v) is 8.66. The smallest absolute Gasteiger partial charge is 0.417 e. The second kappa shape index (κ2) is 12.0. The Morgan fingerprint density at radius 1 is 1.00 bits per heavy atom. The van der Waals surface area contributed by atoms with Crippen LogP contribution in [0.3, 0.4) is 0 Å². The summed E-state index contributed by atoms with van der Waals surface area (Å²) in [6.07, 6.45) is -3.85. The highest BCUT2D eigenvalue weighted by Gasteiger charge is 2.33. The number of hydrogen-bond donors (Lipinski definition) is 2. The van der Waals surface area contributed by atoms with Crippen LogP contribution in [0.5, 0.6) is 17.2 Å². The van der Waals surface area contributed by atoms with Gasteiger partial charge in [-0.1, -0.05) is 36.7 Å². The number of aliphatic carboxylic acids is 1. The summed E-state index contributed by atoms with van der Waals surface area (Å²) >= 11 is 5.64. The summed E-state index contributed by atoms with van der Waals surface area (Å²) in [7, 11) is 1.44. The van der Waals surface area contributed by atoms with Crippen LogP contribution in [0.15, 0.2) is 60.7 Å². The Morgan fingerprint density at radius 2 is 1.65 bits per heavy atom. The van der Waals surface area contributed by atoms with Crippen molar-refractivity contribution in [1.29, 1.82) is 0 Å². The van der Waals surface area contributed by atoms with Gasteiger partial charge in [-0.2, -0.15) is 13.2 Å². The molecule has 0 fully saturated rings. The monoisotopic (exact) mass is 535 g/mol. The number of alkyl halides is 3. The van der Waals surface area contributed by atoms with Crippen molar-refractivity contribution < 1.29 is 37.3 Å². The fraction of sp³-hybridized carbons (Fsp3) is 0.259. The Morgan fingerprint density at radius 3 is 2.24 bits per heavy atom. The van der Waals surface area contributed by atoms with Crippen molar-refractivity contribution >= 4 is 23.5 Å². The summed E-state index contributed by atoms with van der Waals surface area (Å²) in [5.74, 6) is -1.20. The van der Waals surface area contributed by atoms with E-state index >= 15 is 0 Å². The molecule has 0 aliphatic rings. The first-order valence-electron chi connectivity index (χ1n) is 11.3. The minimum atomic E-state index is -4.60. The average molecular weight is 536 g/mol. The number of ether oxygens (including phenoxy) is 2. The zero-order chi connectivity index (χ0) is 27.2. The van der Waals surface area contributed by atoms with Crippen molar-refractivity contribution in [2.45, 2.75) is 32.5 Å². The lowest BCUT2D eigenvalue weighted by Gasteiger charge is -2.14. The molecule has 196 valence electrons. The standard InChI is InChI=1S/C27H25ClF3NO5/c1-3-18(26(34)35)12-17-6-11-24(36-2)21(13-17)25(33)32-15-16-4-7-19(8-5-16)37-20-9-10-23(28)22(14-20)27(29,30)31/h4-11,13-14,18H,3,12,15H2,1-2H3,(H,32,33)(H,34,35)/t18-/m0/s1. The Bertz CT molecular complexity index is 1260. The summed E-state index contributed by atoms with van der Waals surface area (Å²) in [6, 6.07) is 14.8. The molecule has 0 saturated carbocycles. The van der Waals surface area contributed by atoms with E-state index in [0.717, 1.165) is 17.7 Å². The molecule has 6 nitrogen and oxygen atoms in total. The Kier molecular flexibility index (Phi) is 9.04. The van der Waals surface area contributed by atoms with Crippen LogP contribution in [-0.4, -0.2) is 24.1 Å². The number of carboxylic acids is 1. The van der Waals surface area contributed by atoms with Crippen molar-refractivity contribution in [2.24, 2.45) is 5.92 Å². The highest BCUT2D eigenvalue weighted by Crippen LogP contribution is 2.37. The van der Waals surface area contributed by atoms with Gasteiger partial charge in [-0.15, -0.1) is 0 Å². The van der Waals surface area contributed by atoms with Gasteiger partial charge in [0.1, 0.15) is 17.2 Å². The van der Waals surface area contributed by atoms with Gasteiger partial charge in [0.2, 0.25) is 0 Å². The van der Waals surface area contributed by atoms with Gasteiger partial charge in [-0.25, -0.2) is 0 Å². The van der Waals surface area contributed by atoms with Crippen LogP contribution in [0.25, 0.3) is 0 Å². The lowest BCUT2D eigenvalue weighted by Crippen LogP contribution is -2.24. The lowest BCUT2D eigenvalue weighted by molar-refractivity contribution is -0.141. The van der Waals surface area contributed by atoms with Gasteiger partial charge in [-0.3, -0.25) is 9.59 Å². The third kappa shape index (κ3) is 7.39. The molecule has 0 aliphatic carbocycles. The number of carboxylic acid groups (broad SMARTS) is 1. The molecule has 0 heterocycles. The maximum absolute atomic E-state index is 13.1. The summed E-state index contributed by atoms with van der Waals surface area (Å²) in [6.45, 7) is 1.96. The number of benzene rings is 3. The van der Waals surface area contributed by atoms with Crippen LogP contribution in [0, 0.1) is 5.92 Å². The molecular formula is C27H25ClF3NO5. The predicted octanol–water partition coefficient (Wildman–Crippen LogP) is 6.74. The maximum Gasteiger partial charge on any atom is 0.417 e. The third-order valence-corrected chi connectivity index (χ3v) is 6.02. The molecule has 0 unspecified atom stereocenters. The molecule has 3 aromatic carbocycles. The zero-order valence-corrected chi connectivity index (χ0v) is 20.8. The van der Waals surface area contributed by atoms with E-state index in [9.17, 15) is 27.9 Å². The van der Waals surface area contributed by atoms with Gasteiger partial charge in [0, 0.05) is 6.54 Å². The van der Waals surface area contributed by atoms with E-state index in [1.165, 1.54) is 13.2 Å². The van der Waals surface area contributed by atoms with Crippen LogP contribution < -0.4 is 14.8 Å². The zero-order valence-electron chi connectivity index (χ0n) is 20.1. The highest BCUT2D eigenvalue weighted by molar-refractivity contribution is 6.31. The van der Waals surface area contributed by atoms with Crippen molar-refractivity contribution in [3.63, 3.8) is 0 Å². The first-order valence-corrected chi connectivity index (χ1v) is 11.7. The second-order valence-electron chi connectivity index (χ2n) is 8.25. The van der Waals surface area contributed by atoms with Gasteiger partial charge in [0.25, 0.3) is 5.91 Å². The minimum absolute atomic E-state index is 0.0158. The van der Waals surface area contributed by atoms with E-state index in [2.05, 4.69) is 5.32 Å². The minimum Gasteiger partial charge on any atom is -0.496 e. The number of carbonyl (C=O) groups excluding carboxylic acids is 1. The summed E-state index contributed by atoms with van der Waals surface area (Å²) < 4.78 is 50.0. The SMILES string of the molecule is CC[C@@H](Cc1ccc(OC)c(C(=O)NCc2ccc(Oc3ccc(Cl)c(C(F)(F)F)c3)cc2)c1)C(=O)O. The van der Waals surface area contributed by atoms with E-state index in [1.54, 1.807) is 49.4 Å². The fourth-order valence-electron chi connectivity index (χ4n) is 3.62. The number of amides is 1. The van der Waals surface area contributed by atoms with Crippen LogP contribution in [0.1, 0.15) is 40.4 Å². The predicted molar refractivity (Wildman–Crippen MR) is 132 cm³/mol. The van der Waals surface area contributed by atoms with E-state index in [0.29, 0.717) is 23.5 Å². The molecule has 0 aliphatic heterocycles. The van der Waals surface area contributed by atoms with Gasteiger partial charge >= 0.3 is 12.1 Å². The summed E-state index contributed by atoms with van der Waals surface area (Å²) in [5, 5.41) is 11.7. The van der Waals surface area contributed by atoms with E-state index < -0.39 is 34.6 Å². The van der Waals surface area contributed by atoms with Crippen LogP contribution in [0.4, 0.5) is 13.2 Å².